The number of alkyl halides is 1. The molecule has 0 spiro atoms. The van der Waals surface area contributed by atoms with Crippen LogP contribution in [0.25, 0.3) is 5.52 Å². The molecule has 3 unspecified atom stereocenters. The number of ether oxygens (including phenoxy) is 2. The van der Waals surface area contributed by atoms with Crippen LogP contribution in [0.4, 0.5) is 10.1 Å². The first-order valence-corrected chi connectivity index (χ1v) is 13.4. The zero-order valence-electron chi connectivity index (χ0n) is 21.0. The average Bonchev–Trinajstić information content (AvgIpc) is 3.45. The molecule has 2 aromatic heterocycles. The van der Waals surface area contributed by atoms with Gasteiger partial charge in [0.2, 0.25) is 15.9 Å². The highest BCUT2D eigenvalue weighted by atomic mass is 32.2. The Morgan fingerprint density at radius 1 is 1.31 bits per heavy atom. The monoisotopic (exact) mass is 520 g/mol. The molecule has 1 saturated heterocycles. The SMILES string of the molecule is COCCOC1(F)C=CC=CC1C1CCCN1c1ccn2ncc(C(=O)NS(=O)(=O)C(C)(C)C)c2c1. The molecule has 0 bridgehead atoms. The number of anilines is 1. The second-order valence-electron chi connectivity index (χ2n) is 10.0. The lowest BCUT2D eigenvalue weighted by atomic mass is 9.86. The highest BCUT2D eigenvalue weighted by Crippen LogP contribution is 2.40. The first kappa shape index (κ1) is 26.3. The minimum absolute atomic E-state index is 0.131. The molecule has 1 N–H and O–H groups in total. The third-order valence-electron chi connectivity index (χ3n) is 6.65. The number of carbonyl (C=O) groups is 1. The van der Waals surface area contributed by atoms with Crippen LogP contribution in [0.15, 0.2) is 48.8 Å². The number of rotatable bonds is 8. The van der Waals surface area contributed by atoms with E-state index < -0.39 is 32.5 Å². The Bertz CT molecular complexity index is 1280. The van der Waals surface area contributed by atoms with Crippen molar-refractivity contribution >= 4 is 27.1 Å². The standard InChI is InChI=1S/C25H33FN4O5S/c1-24(2,3)36(32,33)28-23(31)19-17-27-30-13-10-18(16-22(19)30)29-12-7-9-21(29)20-8-5-6-11-25(20,26)35-15-14-34-4/h5-6,8,10-11,13,16-17,20-21H,7,9,12,14-15H2,1-4H3,(H,28,31). The van der Waals surface area contributed by atoms with Crippen molar-refractivity contribution in [2.45, 2.75) is 50.3 Å². The van der Waals surface area contributed by atoms with E-state index >= 15 is 4.39 Å². The predicted molar refractivity (Wildman–Crippen MR) is 135 cm³/mol. The number of pyridine rings is 1. The van der Waals surface area contributed by atoms with Gasteiger partial charge >= 0.3 is 0 Å². The van der Waals surface area contributed by atoms with Crippen LogP contribution in [-0.2, 0) is 19.5 Å². The van der Waals surface area contributed by atoms with Gasteiger partial charge < -0.3 is 14.4 Å². The molecule has 1 aliphatic carbocycles. The first-order chi connectivity index (χ1) is 17.0. The maximum Gasteiger partial charge on any atom is 0.268 e. The molecule has 2 aliphatic rings. The fourth-order valence-corrected chi connectivity index (χ4v) is 5.23. The van der Waals surface area contributed by atoms with E-state index in [1.807, 2.05) is 18.2 Å². The summed E-state index contributed by atoms with van der Waals surface area (Å²) in [7, 11) is -2.35. The van der Waals surface area contributed by atoms with E-state index in [9.17, 15) is 13.2 Å². The molecular formula is C25H33FN4O5S. The molecule has 1 amide bonds. The van der Waals surface area contributed by atoms with E-state index in [0.717, 1.165) is 18.5 Å². The van der Waals surface area contributed by atoms with Gasteiger partial charge in [-0.3, -0.25) is 4.79 Å². The number of methoxy groups -OCH3 is 1. The molecule has 36 heavy (non-hydrogen) atoms. The number of carbonyl (C=O) groups excluding carboxylic acids is 1. The van der Waals surface area contributed by atoms with E-state index in [1.54, 1.807) is 25.4 Å². The van der Waals surface area contributed by atoms with Crippen LogP contribution in [0.2, 0.25) is 0 Å². The molecule has 3 heterocycles. The van der Waals surface area contributed by atoms with Crippen LogP contribution in [0.5, 0.6) is 0 Å². The Balaban J connectivity index is 1.62. The molecule has 4 rings (SSSR count). The van der Waals surface area contributed by atoms with Gasteiger partial charge in [0.05, 0.1) is 41.2 Å². The van der Waals surface area contributed by atoms with Crippen LogP contribution < -0.4 is 9.62 Å². The van der Waals surface area contributed by atoms with Gasteiger partial charge in [-0.25, -0.2) is 22.0 Å². The Morgan fingerprint density at radius 2 is 2.08 bits per heavy atom. The van der Waals surface area contributed by atoms with Gasteiger partial charge in [-0.2, -0.15) is 5.10 Å². The van der Waals surface area contributed by atoms with Crippen molar-refractivity contribution < 1.29 is 27.1 Å². The lowest BCUT2D eigenvalue weighted by Gasteiger charge is -2.39. The number of halogens is 1. The summed E-state index contributed by atoms with van der Waals surface area (Å²) in [6.45, 7) is 5.68. The van der Waals surface area contributed by atoms with E-state index in [0.29, 0.717) is 12.1 Å². The van der Waals surface area contributed by atoms with E-state index in [4.69, 9.17) is 9.47 Å². The summed E-state index contributed by atoms with van der Waals surface area (Å²) in [5, 5.41) is 4.20. The number of amides is 1. The Hall–Kier alpha value is -2.76. The number of hydrogen-bond acceptors (Lipinski definition) is 7. The number of nitrogens with one attached hydrogen (secondary N) is 1. The number of aromatic nitrogens is 2. The van der Waals surface area contributed by atoms with Crippen molar-refractivity contribution in [3.8, 4) is 0 Å². The number of allylic oxidation sites excluding steroid dienone is 2. The molecule has 0 saturated carbocycles. The Morgan fingerprint density at radius 3 is 2.81 bits per heavy atom. The molecule has 1 aliphatic heterocycles. The number of hydrogen-bond donors (Lipinski definition) is 1. The van der Waals surface area contributed by atoms with Gasteiger partial charge in [0.25, 0.3) is 5.91 Å². The van der Waals surface area contributed by atoms with Gasteiger partial charge in [0.15, 0.2) is 0 Å². The third-order valence-corrected chi connectivity index (χ3v) is 8.71. The Kier molecular flexibility index (Phi) is 7.27. The molecule has 0 radical (unpaired) electrons. The summed E-state index contributed by atoms with van der Waals surface area (Å²) >= 11 is 0. The molecular weight excluding hydrogens is 487 g/mol. The van der Waals surface area contributed by atoms with Crippen LogP contribution in [0.1, 0.15) is 44.0 Å². The molecule has 9 nitrogen and oxygen atoms in total. The van der Waals surface area contributed by atoms with Crippen molar-refractivity contribution in [2.24, 2.45) is 5.92 Å². The summed E-state index contributed by atoms with van der Waals surface area (Å²) in [5.74, 6) is -3.25. The minimum atomic E-state index is -3.89. The van der Waals surface area contributed by atoms with Crippen molar-refractivity contribution in [3.63, 3.8) is 0 Å². The largest absolute Gasteiger partial charge is 0.382 e. The van der Waals surface area contributed by atoms with Crippen molar-refractivity contribution in [2.75, 3.05) is 31.8 Å². The molecule has 3 atom stereocenters. The fraction of sp³-hybridized carbons (Fsp3) is 0.520. The third kappa shape index (κ3) is 5.05. The number of sulfonamides is 1. The van der Waals surface area contributed by atoms with Crippen LogP contribution in [-0.4, -0.2) is 67.5 Å². The van der Waals surface area contributed by atoms with Gasteiger partial charge in [0, 0.05) is 31.6 Å². The van der Waals surface area contributed by atoms with Crippen LogP contribution in [0, 0.1) is 5.92 Å². The second kappa shape index (κ2) is 9.95. The van der Waals surface area contributed by atoms with E-state index in [-0.39, 0.29) is 24.8 Å². The highest BCUT2D eigenvalue weighted by Gasteiger charge is 2.46. The fourth-order valence-electron chi connectivity index (χ4n) is 4.57. The van der Waals surface area contributed by atoms with Gasteiger partial charge in [-0.15, -0.1) is 0 Å². The van der Waals surface area contributed by atoms with Crippen molar-refractivity contribution in [1.82, 2.24) is 14.3 Å². The summed E-state index contributed by atoms with van der Waals surface area (Å²) in [4.78, 5) is 15.0. The predicted octanol–water partition coefficient (Wildman–Crippen LogP) is 3.23. The van der Waals surface area contributed by atoms with E-state index in [2.05, 4.69) is 14.7 Å². The number of nitrogens with zero attached hydrogens (tertiary/aromatic N) is 3. The smallest absolute Gasteiger partial charge is 0.268 e. The quantitative estimate of drug-likeness (QED) is 0.533. The minimum Gasteiger partial charge on any atom is -0.382 e. The zero-order valence-corrected chi connectivity index (χ0v) is 21.8. The maximum atomic E-state index is 16.0. The topological polar surface area (TPSA) is 102 Å². The zero-order chi connectivity index (χ0) is 26.1. The van der Waals surface area contributed by atoms with Crippen LogP contribution >= 0.6 is 0 Å². The summed E-state index contributed by atoms with van der Waals surface area (Å²) in [5.41, 5.74) is 1.39. The van der Waals surface area contributed by atoms with Crippen LogP contribution in [0.3, 0.4) is 0 Å². The maximum absolute atomic E-state index is 16.0. The lowest BCUT2D eigenvalue weighted by Crippen LogP contribution is -2.47. The first-order valence-electron chi connectivity index (χ1n) is 12.0. The second-order valence-corrected chi connectivity index (χ2v) is 12.5. The Labute approximate surface area is 211 Å². The van der Waals surface area contributed by atoms with Gasteiger partial charge in [-0.05, 0) is 51.8 Å². The molecule has 1 fully saturated rings. The summed E-state index contributed by atoms with van der Waals surface area (Å²) < 4.78 is 54.1. The average molecular weight is 521 g/mol. The van der Waals surface area contributed by atoms with Crippen molar-refractivity contribution in [1.29, 1.82) is 0 Å². The lowest BCUT2D eigenvalue weighted by molar-refractivity contribution is -0.147. The van der Waals surface area contributed by atoms with E-state index in [1.165, 1.54) is 37.6 Å². The van der Waals surface area contributed by atoms with Crippen molar-refractivity contribution in [3.05, 3.63) is 54.4 Å². The molecule has 0 aromatic carbocycles. The van der Waals surface area contributed by atoms with Gasteiger partial charge in [0.1, 0.15) is 0 Å². The highest BCUT2D eigenvalue weighted by molar-refractivity contribution is 7.91. The molecule has 2 aromatic rings. The van der Waals surface area contributed by atoms with Gasteiger partial charge in [-0.1, -0.05) is 18.2 Å². The molecule has 11 heteroatoms. The number of fused-ring (bicyclic) bond motifs is 1. The summed E-state index contributed by atoms with van der Waals surface area (Å²) in [6.07, 6.45) is 11.5. The normalized spacial score (nSPS) is 24.5. The summed E-state index contributed by atoms with van der Waals surface area (Å²) in [6, 6.07) is 3.47. The molecule has 196 valence electrons.